The standard InChI is InChI=1S/C27H23Cl3N4O/c28-20-8-6-18(7-9-20)3-2-13-33-14-11-23-21(17-33)26-22(29)4-1-5-24(26)34(23)27(35)32-16-19-10-12-31-25(30)15-19/h1-10,12,15H,11,13-14,16-17H2,(H,32,35). The van der Waals surface area contributed by atoms with E-state index in [2.05, 4.69) is 27.4 Å². The summed E-state index contributed by atoms with van der Waals surface area (Å²) in [6.45, 7) is 2.73. The zero-order chi connectivity index (χ0) is 24.4. The molecule has 0 spiro atoms. The summed E-state index contributed by atoms with van der Waals surface area (Å²) in [5.74, 6) is 0. The highest BCUT2D eigenvalue weighted by Gasteiger charge is 2.27. The van der Waals surface area contributed by atoms with Gasteiger partial charge in [0.2, 0.25) is 0 Å². The highest BCUT2D eigenvalue weighted by molar-refractivity contribution is 6.36. The maximum absolute atomic E-state index is 13.3. The molecule has 5 nitrogen and oxygen atoms in total. The van der Waals surface area contributed by atoms with Gasteiger partial charge in [-0.15, -0.1) is 0 Å². The van der Waals surface area contributed by atoms with Gasteiger partial charge in [0, 0.05) is 54.9 Å². The number of fused-ring (bicyclic) bond motifs is 3. The first-order chi connectivity index (χ1) is 17.0. The minimum absolute atomic E-state index is 0.178. The number of carbonyl (C=O) groups excluding carboxylic acids is 1. The van der Waals surface area contributed by atoms with Crippen LogP contribution in [0.25, 0.3) is 17.0 Å². The quantitative estimate of drug-likeness (QED) is 0.291. The first kappa shape index (κ1) is 23.9. The zero-order valence-electron chi connectivity index (χ0n) is 18.8. The van der Waals surface area contributed by atoms with Crippen LogP contribution < -0.4 is 5.32 Å². The summed E-state index contributed by atoms with van der Waals surface area (Å²) in [6.07, 6.45) is 6.64. The Balaban J connectivity index is 1.37. The highest BCUT2D eigenvalue weighted by Crippen LogP contribution is 2.35. The summed E-state index contributed by atoms with van der Waals surface area (Å²) in [5.41, 5.74) is 4.95. The number of amides is 1. The van der Waals surface area contributed by atoms with Crippen molar-refractivity contribution in [3.8, 4) is 0 Å². The lowest BCUT2D eigenvalue weighted by Gasteiger charge is -2.27. The lowest BCUT2D eigenvalue weighted by Crippen LogP contribution is -2.34. The first-order valence-electron chi connectivity index (χ1n) is 11.3. The van der Waals surface area contributed by atoms with E-state index in [9.17, 15) is 4.79 Å². The normalized spacial score (nSPS) is 13.9. The lowest BCUT2D eigenvalue weighted by atomic mass is 10.0. The molecule has 0 saturated heterocycles. The largest absolute Gasteiger partial charge is 0.333 e. The monoisotopic (exact) mass is 524 g/mol. The van der Waals surface area contributed by atoms with Gasteiger partial charge in [0.25, 0.3) is 0 Å². The van der Waals surface area contributed by atoms with Crippen molar-refractivity contribution < 1.29 is 4.79 Å². The van der Waals surface area contributed by atoms with Crippen LogP contribution in [0.2, 0.25) is 15.2 Å². The number of carbonyl (C=O) groups is 1. The van der Waals surface area contributed by atoms with Gasteiger partial charge in [-0.05, 0) is 53.1 Å². The molecule has 4 aromatic rings. The van der Waals surface area contributed by atoms with Crippen LogP contribution in [0.3, 0.4) is 0 Å². The van der Waals surface area contributed by atoms with Crippen molar-refractivity contribution in [1.82, 2.24) is 19.8 Å². The van der Waals surface area contributed by atoms with Crippen molar-refractivity contribution in [2.45, 2.75) is 19.5 Å². The molecule has 0 bridgehead atoms. The van der Waals surface area contributed by atoms with E-state index in [0.717, 1.165) is 64.4 Å². The van der Waals surface area contributed by atoms with Gasteiger partial charge in [0.1, 0.15) is 5.15 Å². The van der Waals surface area contributed by atoms with Crippen molar-refractivity contribution in [3.05, 3.63) is 104 Å². The van der Waals surface area contributed by atoms with Gasteiger partial charge < -0.3 is 5.32 Å². The van der Waals surface area contributed by atoms with Gasteiger partial charge >= 0.3 is 6.03 Å². The highest BCUT2D eigenvalue weighted by atomic mass is 35.5. The van der Waals surface area contributed by atoms with Gasteiger partial charge in [-0.3, -0.25) is 9.47 Å². The van der Waals surface area contributed by atoms with E-state index >= 15 is 0 Å². The van der Waals surface area contributed by atoms with E-state index in [4.69, 9.17) is 34.8 Å². The third-order valence-corrected chi connectivity index (χ3v) is 6.95. The minimum atomic E-state index is -0.178. The predicted octanol–water partition coefficient (Wildman–Crippen LogP) is 6.83. The second-order valence-electron chi connectivity index (χ2n) is 8.48. The zero-order valence-corrected chi connectivity index (χ0v) is 21.1. The Morgan fingerprint density at radius 2 is 1.91 bits per heavy atom. The maximum atomic E-state index is 13.3. The molecule has 0 fully saturated rings. The molecule has 178 valence electrons. The van der Waals surface area contributed by atoms with Gasteiger partial charge in [-0.2, -0.15) is 0 Å². The second-order valence-corrected chi connectivity index (χ2v) is 9.71. The second kappa shape index (κ2) is 10.4. The van der Waals surface area contributed by atoms with Crippen molar-refractivity contribution in [2.24, 2.45) is 0 Å². The van der Waals surface area contributed by atoms with Gasteiger partial charge in [0.05, 0.1) is 10.5 Å². The number of benzene rings is 2. The average Bonchev–Trinajstić information content (AvgIpc) is 3.19. The molecule has 2 aromatic heterocycles. The third-order valence-electron chi connectivity index (χ3n) is 6.18. The van der Waals surface area contributed by atoms with Crippen LogP contribution in [-0.2, 0) is 19.5 Å². The molecule has 5 rings (SSSR count). The molecular formula is C27H23Cl3N4O. The fourth-order valence-corrected chi connectivity index (χ4v) is 5.14. The molecule has 0 saturated carbocycles. The Bertz CT molecular complexity index is 1410. The Morgan fingerprint density at radius 3 is 2.71 bits per heavy atom. The van der Waals surface area contributed by atoms with Crippen molar-refractivity contribution in [1.29, 1.82) is 0 Å². The minimum Gasteiger partial charge on any atom is -0.333 e. The summed E-state index contributed by atoms with van der Waals surface area (Å²) in [5, 5.41) is 5.75. The molecule has 0 unspecified atom stereocenters. The number of rotatable bonds is 5. The van der Waals surface area contributed by atoms with E-state index < -0.39 is 0 Å². The number of pyridine rings is 1. The Morgan fingerprint density at radius 1 is 1.09 bits per heavy atom. The summed E-state index contributed by atoms with van der Waals surface area (Å²) in [4.78, 5) is 19.7. The average molecular weight is 526 g/mol. The molecule has 1 aliphatic rings. The van der Waals surface area contributed by atoms with Gasteiger partial charge in [-0.1, -0.05) is 65.2 Å². The van der Waals surface area contributed by atoms with E-state index in [1.54, 1.807) is 16.8 Å². The number of hydrogen-bond acceptors (Lipinski definition) is 3. The Labute approximate surface area is 218 Å². The molecule has 3 heterocycles. The first-order valence-corrected chi connectivity index (χ1v) is 12.5. The lowest BCUT2D eigenvalue weighted by molar-refractivity contribution is 0.240. The van der Waals surface area contributed by atoms with Crippen LogP contribution in [0, 0.1) is 0 Å². The predicted molar refractivity (Wildman–Crippen MR) is 143 cm³/mol. The van der Waals surface area contributed by atoms with Crippen LogP contribution in [-0.4, -0.2) is 33.6 Å². The smallest absolute Gasteiger partial charge is 0.326 e. The van der Waals surface area contributed by atoms with Crippen molar-refractivity contribution in [3.63, 3.8) is 0 Å². The molecule has 0 radical (unpaired) electrons. The molecular weight excluding hydrogens is 503 g/mol. The number of hydrogen-bond donors (Lipinski definition) is 1. The van der Waals surface area contributed by atoms with Gasteiger partial charge in [0.15, 0.2) is 0 Å². The maximum Gasteiger partial charge on any atom is 0.326 e. The molecule has 2 aromatic carbocycles. The van der Waals surface area contributed by atoms with Crippen molar-refractivity contribution >= 4 is 57.8 Å². The van der Waals surface area contributed by atoms with E-state index in [0.29, 0.717) is 16.7 Å². The Kier molecular flexibility index (Phi) is 7.12. The fourth-order valence-electron chi connectivity index (χ4n) is 4.53. The summed E-state index contributed by atoms with van der Waals surface area (Å²) in [7, 11) is 0. The van der Waals surface area contributed by atoms with Crippen LogP contribution >= 0.6 is 34.8 Å². The number of aromatic nitrogens is 2. The molecule has 0 aliphatic carbocycles. The fraction of sp³-hybridized carbons (Fsp3) is 0.185. The summed E-state index contributed by atoms with van der Waals surface area (Å²) < 4.78 is 1.78. The van der Waals surface area contributed by atoms with E-state index in [1.807, 2.05) is 48.5 Å². The van der Waals surface area contributed by atoms with Crippen LogP contribution in [0.4, 0.5) is 4.79 Å². The van der Waals surface area contributed by atoms with Crippen LogP contribution in [0.15, 0.2) is 66.9 Å². The van der Waals surface area contributed by atoms with Gasteiger partial charge in [-0.25, -0.2) is 9.78 Å². The molecule has 0 atom stereocenters. The summed E-state index contributed by atoms with van der Waals surface area (Å²) >= 11 is 18.6. The summed E-state index contributed by atoms with van der Waals surface area (Å²) in [6, 6.07) is 16.9. The van der Waals surface area contributed by atoms with E-state index in [-0.39, 0.29) is 6.03 Å². The molecule has 1 amide bonds. The third kappa shape index (κ3) is 5.24. The molecule has 8 heteroatoms. The number of halogens is 3. The molecule has 1 N–H and O–H groups in total. The molecule has 1 aliphatic heterocycles. The number of nitrogens with zero attached hydrogens (tertiary/aromatic N) is 3. The topological polar surface area (TPSA) is 50.2 Å². The molecule has 35 heavy (non-hydrogen) atoms. The Hall–Kier alpha value is -2.83. The van der Waals surface area contributed by atoms with Crippen molar-refractivity contribution in [2.75, 3.05) is 13.1 Å². The number of nitrogens with one attached hydrogen (secondary N) is 1. The van der Waals surface area contributed by atoms with Crippen LogP contribution in [0.1, 0.15) is 22.4 Å². The van der Waals surface area contributed by atoms with Crippen LogP contribution in [0.5, 0.6) is 0 Å². The van der Waals surface area contributed by atoms with E-state index in [1.165, 1.54) is 0 Å². The SMILES string of the molecule is O=C(NCc1ccnc(Cl)c1)n1c2c(c3c(Cl)cccc31)CN(CC=Cc1ccc(Cl)cc1)CC2.